The molecule has 1 aliphatic heterocycles. The molecule has 0 saturated carbocycles. The van der Waals surface area contributed by atoms with Crippen LogP contribution in [0.3, 0.4) is 0 Å². The molecule has 1 saturated heterocycles. The number of hydrogen-bond donors (Lipinski definition) is 1. The number of halogens is 1. The number of aryl methyl sites for hydroxylation is 1. The maximum Gasteiger partial charge on any atom is 0.289 e. The average molecular weight is 440 g/mol. The molecule has 0 bridgehead atoms. The van der Waals surface area contributed by atoms with E-state index in [0.717, 1.165) is 19.2 Å². The number of amides is 1. The van der Waals surface area contributed by atoms with Crippen molar-refractivity contribution >= 4 is 34.6 Å². The average Bonchev–Trinajstić information content (AvgIpc) is 2.75. The van der Waals surface area contributed by atoms with Crippen molar-refractivity contribution in [2.45, 2.75) is 13.8 Å². The molecule has 1 aliphatic rings. The van der Waals surface area contributed by atoms with E-state index in [1.807, 2.05) is 17.0 Å². The van der Waals surface area contributed by atoms with Gasteiger partial charge < -0.3 is 15.1 Å². The molecule has 0 radical (unpaired) electrons. The summed E-state index contributed by atoms with van der Waals surface area (Å²) in [6, 6.07) is 12.1. The number of anilines is 2. The van der Waals surface area contributed by atoms with Crippen LogP contribution in [0.5, 0.6) is 0 Å². The fraction of sp³-hybridized carbons (Fsp3) is 0.273. The van der Waals surface area contributed by atoms with Gasteiger partial charge in [0, 0.05) is 49.8 Å². The van der Waals surface area contributed by atoms with Gasteiger partial charge in [0.1, 0.15) is 16.7 Å². The first kappa shape index (κ1) is 22.1. The zero-order chi connectivity index (χ0) is 22.5. The molecule has 1 fully saturated rings. The number of rotatable bonds is 5. The summed E-state index contributed by atoms with van der Waals surface area (Å²) in [5, 5.41) is 23.0. The van der Waals surface area contributed by atoms with E-state index in [2.05, 4.69) is 36.2 Å². The molecule has 3 rings (SSSR count). The molecule has 1 heterocycles. The largest absolute Gasteiger partial charge is 0.373 e. The van der Waals surface area contributed by atoms with Crippen LogP contribution < -0.4 is 10.2 Å². The number of nitro groups is 1. The topological polar surface area (TPSA) is 103 Å². The van der Waals surface area contributed by atoms with Gasteiger partial charge in [0.05, 0.1) is 4.92 Å². The zero-order valence-corrected chi connectivity index (χ0v) is 18.0. The molecule has 1 amide bonds. The van der Waals surface area contributed by atoms with Crippen molar-refractivity contribution in [2.75, 3.05) is 36.4 Å². The highest BCUT2D eigenvalue weighted by molar-refractivity contribution is 6.32. The van der Waals surface area contributed by atoms with Crippen LogP contribution in [0.2, 0.25) is 5.02 Å². The van der Waals surface area contributed by atoms with E-state index in [9.17, 15) is 20.2 Å². The van der Waals surface area contributed by atoms with Gasteiger partial charge in [-0.05, 0) is 43.2 Å². The lowest BCUT2D eigenvalue weighted by Crippen LogP contribution is -2.44. The van der Waals surface area contributed by atoms with Gasteiger partial charge in [-0.1, -0.05) is 23.7 Å². The number of hydrogen-bond acceptors (Lipinski definition) is 6. The van der Waals surface area contributed by atoms with E-state index in [1.54, 1.807) is 6.20 Å². The summed E-state index contributed by atoms with van der Waals surface area (Å²) in [4.78, 5) is 27.1. The van der Waals surface area contributed by atoms with E-state index in [0.29, 0.717) is 13.1 Å². The lowest BCUT2D eigenvalue weighted by atomic mass is 10.1. The fourth-order valence-corrected chi connectivity index (χ4v) is 3.61. The lowest BCUT2D eigenvalue weighted by Gasteiger charge is -2.36. The van der Waals surface area contributed by atoms with Gasteiger partial charge in [-0.3, -0.25) is 14.9 Å². The molecule has 0 aliphatic carbocycles. The number of benzene rings is 2. The van der Waals surface area contributed by atoms with Crippen LogP contribution in [-0.2, 0) is 4.79 Å². The van der Waals surface area contributed by atoms with Crippen LogP contribution in [0.4, 0.5) is 17.1 Å². The van der Waals surface area contributed by atoms with Crippen LogP contribution >= 0.6 is 11.6 Å². The summed E-state index contributed by atoms with van der Waals surface area (Å²) in [6.07, 6.45) is 1.54. The van der Waals surface area contributed by atoms with Crippen molar-refractivity contribution < 1.29 is 9.72 Å². The maximum absolute atomic E-state index is 12.5. The first-order valence-electron chi connectivity index (χ1n) is 9.72. The molecule has 0 spiro atoms. The Morgan fingerprint density at radius 2 is 1.94 bits per heavy atom. The predicted molar refractivity (Wildman–Crippen MR) is 120 cm³/mol. The Kier molecular flexibility index (Phi) is 6.78. The normalized spacial score (nSPS) is 14.2. The highest BCUT2D eigenvalue weighted by Crippen LogP contribution is 2.28. The van der Waals surface area contributed by atoms with Gasteiger partial charge in [0.15, 0.2) is 0 Å². The lowest BCUT2D eigenvalue weighted by molar-refractivity contribution is -0.384. The Balaban J connectivity index is 1.66. The van der Waals surface area contributed by atoms with Crippen LogP contribution in [0.1, 0.15) is 11.1 Å². The number of nitrogens with one attached hydrogen (secondary N) is 1. The summed E-state index contributed by atoms with van der Waals surface area (Å²) < 4.78 is 0. The van der Waals surface area contributed by atoms with Crippen molar-refractivity contribution in [3.05, 3.63) is 74.4 Å². The quantitative estimate of drug-likeness (QED) is 0.326. The number of carbonyl (C=O) groups excluding carboxylic acids is 1. The fourth-order valence-electron chi connectivity index (χ4n) is 3.42. The smallest absolute Gasteiger partial charge is 0.289 e. The highest BCUT2D eigenvalue weighted by Gasteiger charge is 2.20. The maximum atomic E-state index is 12.5. The van der Waals surface area contributed by atoms with Crippen LogP contribution in [0.15, 0.2) is 48.2 Å². The molecule has 1 N–H and O–H groups in total. The summed E-state index contributed by atoms with van der Waals surface area (Å²) >= 11 is 5.79. The third-order valence-corrected chi connectivity index (χ3v) is 5.63. The van der Waals surface area contributed by atoms with Crippen LogP contribution in [0, 0.1) is 35.3 Å². The number of piperazine rings is 1. The number of nitro benzene ring substituents is 1. The summed E-state index contributed by atoms with van der Waals surface area (Å²) in [5.41, 5.74) is 3.50. The molecule has 9 heteroatoms. The van der Waals surface area contributed by atoms with E-state index >= 15 is 0 Å². The highest BCUT2D eigenvalue weighted by atomic mass is 35.5. The summed E-state index contributed by atoms with van der Waals surface area (Å²) in [5.74, 6) is -0.629. The third-order valence-electron chi connectivity index (χ3n) is 5.31. The molecule has 31 heavy (non-hydrogen) atoms. The van der Waals surface area contributed by atoms with Crippen LogP contribution in [0.25, 0.3) is 0 Å². The molecule has 8 nitrogen and oxygen atoms in total. The van der Waals surface area contributed by atoms with Crippen molar-refractivity contribution in [1.82, 2.24) is 4.90 Å². The molecule has 2 aromatic carbocycles. The summed E-state index contributed by atoms with van der Waals surface area (Å²) in [6.45, 7) is 7.06. The second-order valence-corrected chi connectivity index (χ2v) is 7.68. The Bertz CT molecular complexity index is 1090. The monoisotopic (exact) mass is 439 g/mol. The van der Waals surface area contributed by atoms with Gasteiger partial charge in [0.2, 0.25) is 0 Å². The van der Waals surface area contributed by atoms with Gasteiger partial charge in [-0.15, -0.1) is 0 Å². The second-order valence-electron chi connectivity index (χ2n) is 7.27. The molecule has 2 aromatic rings. The van der Waals surface area contributed by atoms with E-state index in [1.165, 1.54) is 28.9 Å². The number of nitriles is 1. The van der Waals surface area contributed by atoms with Crippen molar-refractivity contribution in [3.8, 4) is 6.07 Å². The number of carbonyl (C=O) groups is 1. The Morgan fingerprint density at radius 1 is 1.23 bits per heavy atom. The zero-order valence-electron chi connectivity index (χ0n) is 17.3. The minimum Gasteiger partial charge on any atom is -0.373 e. The molecular weight excluding hydrogens is 418 g/mol. The van der Waals surface area contributed by atoms with Crippen LogP contribution in [-0.4, -0.2) is 41.9 Å². The molecule has 0 atom stereocenters. The SMILES string of the molecule is Cc1cccc(N2CCN(/C=C(/C#N)C(=O)Nc3ccc(Cl)c([N+](=O)[O-])c3)CC2)c1C. The first-order valence-corrected chi connectivity index (χ1v) is 10.1. The van der Waals surface area contributed by atoms with E-state index in [4.69, 9.17) is 11.6 Å². The van der Waals surface area contributed by atoms with Crippen molar-refractivity contribution in [2.24, 2.45) is 0 Å². The Labute approximate surface area is 185 Å². The predicted octanol–water partition coefficient (Wildman–Crippen LogP) is 4.03. The van der Waals surface area contributed by atoms with Gasteiger partial charge >= 0.3 is 0 Å². The third kappa shape index (κ3) is 5.13. The molecular formula is C22H22ClN5O3. The van der Waals surface area contributed by atoms with Gasteiger partial charge in [-0.2, -0.15) is 5.26 Å². The number of nitrogens with zero attached hydrogens (tertiary/aromatic N) is 4. The van der Waals surface area contributed by atoms with Crippen molar-refractivity contribution in [3.63, 3.8) is 0 Å². The standard InChI is InChI=1S/C22H22ClN5O3/c1-15-4-3-5-20(16(15)2)27-10-8-26(9-11-27)14-17(13-24)22(29)25-18-6-7-19(23)21(12-18)28(30)31/h3-7,12,14H,8-11H2,1-2H3,(H,25,29)/b17-14-. The van der Waals surface area contributed by atoms with Gasteiger partial charge in [-0.25, -0.2) is 0 Å². The minimum atomic E-state index is -0.630. The van der Waals surface area contributed by atoms with Gasteiger partial charge in [0.25, 0.3) is 11.6 Å². The second kappa shape index (κ2) is 9.49. The van der Waals surface area contributed by atoms with E-state index < -0.39 is 10.8 Å². The summed E-state index contributed by atoms with van der Waals surface area (Å²) in [7, 11) is 0. The first-order chi connectivity index (χ1) is 14.8. The Hall–Kier alpha value is -3.57. The van der Waals surface area contributed by atoms with Crippen molar-refractivity contribution in [1.29, 1.82) is 5.26 Å². The Morgan fingerprint density at radius 3 is 2.58 bits per heavy atom. The molecule has 0 unspecified atom stereocenters. The molecule has 160 valence electrons. The molecule has 0 aromatic heterocycles. The minimum absolute atomic E-state index is 0.0271. The van der Waals surface area contributed by atoms with E-state index in [-0.39, 0.29) is 22.0 Å².